The molecule has 2 aliphatic rings. The van der Waals surface area contributed by atoms with Gasteiger partial charge >= 0.3 is 5.97 Å². The molecule has 8 heteroatoms. The molecule has 0 saturated carbocycles. The number of hydrogen-bond donors (Lipinski definition) is 2. The lowest BCUT2D eigenvalue weighted by atomic mass is 9.99. The lowest BCUT2D eigenvalue weighted by molar-refractivity contribution is -0.137. The second kappa shape index (κ2) is 11.4. The summed E-state index contributed by atoms with van der Waals surface area (Å²) >= 11 is 0. The summed E-state index contributed by atoms with van der Waals surface area (Å²) in [6.45, 7) is 3.41. The van der Waals surface area contributed by atoms with Crippen molar-refractivity contribution in [3.63, 3.8) is 0 Å². The zero-order valence-electron chi connectivity index (χ0n) is 18.3. The van der Waals surface area contributed by atoms with Crippen LogP contribution in [0.3, 0.4) is 0 Å². The maximum atomic E-state index is 12.6. The molecule has 172 valence electrons. The first-order valence-corrected chi connectivity index (χ1v) is 11.0. The SMILES string of the molecule is CC1C=CCOC(=O)c2c(O)cc(O)cc2CC(=NOCC(=O)N2CCCCC2)C=CC1. The minimum atomic E-state index is -0.696. The van der Waals surface area contributed by atoms with Crippen LogP contribution < -0.4 is 0 Å². The summed E-state index contributed by atoms with van der Waals surface area (Å²) in [4.78, 5) is 32.0. The molecule has 1 atom stereocenters. The fraction of sp³-hybridized carbons (Fsp3) is 0.458. The van der Waals surface area contributed by atoms with Crippen molar-refractivity contribution in [2.75, 3.05) is 26.3 Å². The van der Waals surface area contributed by atoms with Crippen molar-refractivity contribution < 1.29 is 29.4 Å². The number of oxime groups is 1. The molecule has 1 aromatic rings. The lowest BCUT2D eigenvalue weighted by Crippen LogP contribution is -2.37. The number of rotatable bonds is 3. The Morgan fingerprint density at radius 2 is 2.00 bits per heavy atom. The Bertz CT molecular complexity index is 915. The first-order chi connectivity index (χ1) is 15.4. The predicted molar refractivity (Wildman–Crippen MR) is 120 cm³/mol. The average molecular weight is 443 g/mol. The number of allylic oxidation sites excluding steroid dienone is 3. The van der Waals surface area contributed by atoms with E-state index in [1.807, 2.05) is 19.1 Å². The molecule has 32 heavy (non-hydrogen) atoms. The van der Waals surface area contributed by atoms with E-state index in [-0.39, 0.29) is 48.5 Å². The van der Waals surface area contributed by atoms with Crippen LogP contribution >= 0.6 is 0 Å². The molecular weight excluding hydrogens is 412 g/mol. The molecule has 1 fully saturated rings. The van der Waals surface area contributed by atoms with Crippen molar-refractivity contribution in [2.24, 2.45) is 11.1 Å². The zero-order chi connectivity index (χ0) is 22.9. The molecule has 2 aliphatic heterocycles. The number of fused-ring (bicyclic) bond motifs is 1. The van der Waals surface area contributed by atoms with Gasteiger partial charge in [0.25, 0.3) is 5.91 Å². The summed E-state index contributed by atoms with van der Waals surface area (Å²) < 4.78 is 5.26. The highest BCUT2D eigenvalue weighted by atomic mass is 16.6. The molecule has 1 aromatic carbocycles. The first kappa shape index (κ1) is 23.4. The third kappa shape index (κ3) is 6.60. The summed E-state index contributed by atoms with van der Waals surface area (Å²) in [5.74, 6) is -1.15. The van der Waals surface area contributed by atoms with Crippen molar-refractivity contribution >= 4 is 17.6 Å². The number of ether oxygens (including phenoxy) is 1. The number of nitrogens with zero attached hydrogens (tertiary/aromatic N) is 2. The molecule has 3 rings (SSSR count). The summed E-state index contributed by atoms with van der Waals surface area (Å²) in [6, 6.07) is 2.48. The van der Waals surface area contributed by atoms with Crippen LogP contribution in [-0.2, 0) is 20.8 Å². The zero-order valence-corrected chi connectivity index (χ0v) is 18.3. The standard InChI is InChI=1S/C24H30N2O6/c1-17-7-5-9-19(25-32-16-22(29)26-10-3-2-4-11-26)13-18-14-20(27)15-21(28)23(18)24(30)31-12-6-8-17/h5-6,8-9,14-15,17,27-28H,2-4,7,10-13,16H2,1H3. The van der Waals surface area contributed by atoms with Gasteiger partial charge in [-0.1, -0.05) is 30.3 Å². The van der Waals surface area contributed by atoms with E-state index in [1.54, 1.807) is 17.1 Å². The molecule has 1 saturated heterocycles. The van der Waals surface area contributed by atoms with Gasteiger partial charge in [0.1, 0.15) is 23.7 Å². The van der Waals surface area contributed by atoms with Crippen LogP contribution in [0.4, 0.5) is 0 Å². The summed E-state index contributed by atoms with van der Waals surface area (Å²) in [5, 5.41) is 24.3. The van der Waals surface area contributed by atoms with Crippen LogP contribution in [-0.4, -0.2) is 59.0 Å². The van der Waals surface area contributed by atoms with Gasteiger partial charge in [0, 0.05) is 25.6 Å². The van der Waals surface area contributed by atoms with Gasteiger partial charge in [-0.25, -0.2) is 4.79 Å². The van der Waals surface area contributed by atoms with Gasteiger partial charge in [-0.15, -0.1) is 0 Å². The van der Waals surface area contributed by atoms with Gasteiger partial charge in [-0.05, 0) is 49.3 Å². The minimum absolute atomic E-state index is 0.0333. The van der Waals surface area contributed by atoms with Crippen molar-refractivity contribution in [1.29, 1.82) is 0 Å². The molecule has 1 amide bonds. The normalized spacial score (nSPS) is 21.2. The second-order valence-corrected chi connectivity index (χ2v) is 8.12. The number of piperidine rings is 1. The average Bonchev–Trinajstić information content (AvgIpc) is 2.77. The van der Waals surface area contributed by atoms with Crippen molar-refractivity contribution in [1.82, 2.24) is 4.90 Å². The third-order valence-corrected chi connectivity index (χ3v) is 5.43. The van der Waals surface area contributed by atoms with E-state index in [4.69, 9.17) is 9.57 Å². The predicted octanol–water partition coefficient (Wildman–Crippen LogP) is 3.33. The van der Waals surface area contributed by atoms with Crippen LogP contribution in [0.5, 0.6) is 11.5 Å². The van der Waals surface area contributed by atoms with E-state index < -0.39 is 5.97 Å². The Morgan fingerprint density at radius 3 is 2.78 bits per heavy atom. The van der Waals surface area contributed by atoms with E-state index in [2.05, 4.69) is 5.16 Å². The fourth-order valence-corrected chi connectivity index (χ4v) is 3.75. The number of likely N-dealkylation sites (tertiary alicyclic amines) is 1. The topological polar surface area (TPSA) is 109 Å². The summed E-state index contributed by atoms with van der Waals surface area (Å²) in [5.41, 5.74) is 0.762. The maximum Gasteiger partial charge on any atom is 0.342 e. The van der Waals surface area contributed by atoms with Gasteiger partial charge in [-0.3, -0.25) is 4.79 Å². The molecular formula is C24H30N2O6. The number of esters is 1. The van der Waals surface area contributed by atoms with E-state index in [9.17, 15) is 19.8 Å². The Morgan fingerprint density at radius 1 is 1.22 bits per heavy atom. The maximum absolute atomic E-state index is 12.6. The van der Waals surface area contributed by atoms with Crippen LogP contribution in [0, 0.1) is 5.92 Å². The molecule has 0 bridgehead atoms. The molecule has 0 aliphatic carbocycles. The van der Waals surface area contributed by atoms with Crippen molar-refractivity contribution in [2.45, 2.75) is 39.0 Å². The number of phenolic OH excluding ortho intramolecular Hbond substituents is 2. The third-order valence-electron chi connectivity index (χ3n) is 5.43. The highest BCUT2D eigenvalue weighted by Gasteiger charge is 2.21. The molecule has 2 N–H and O–H groups in total. The molecule has 1 unspecified atom stereocenters. The summed E-state index contributed by atoms with van der Waals surface area (Å²) in [7, 11) is 0. The summed E-state index contributed by atoms with van der Waals surface area (Å²) in [6.07, 6.45) is 11.4. The number of aromatic hydroxyl groups is 2. The van der Waals surface area contributed by atoms with Crippen LogP contribution in [0.25, 0.3) is 0 Å². The number of hydrogen-bond acceptors (Lipinski definition) is 7. The Balaban J connectivity index is 1.83. The smallest absolute Gasteiger partial charge is 0.342 e. The van der Waals surface area contributed by atoms with Gasteiger partial charge in [0.05, 0.1) is 5.71 Å². The molecule has 0 spiro atoms. The van der Waals surface area contributed by atoms with Crippen LogP contribution in [0.1, 0.15) is 48.5 Å². The highest BCUT2D eigenvalue weighted by molar-refractivity contribution is 6.00. The minimum Gasteiger partial charge on any atom is -0.508 e. The Labute approximate surface area is 187 Å². The number of carbonyl (C=O) groups is 2. The van der Waals surface area contributed by atoms with Crippen LogP contribution in [0.2, 0.25) is 0 Å². The van der Waals surface area contributed by atoms with E-state index in [0.29, 0.717) is 11.3 Å². The van der Waals surface area contributed by atoms with Gasteiger partial charge < -0.3 is 24.7 Å². The second-order valence-electron chi connectivity index (χ2n) is 8.12. The van der Waals surface area contributed by atoms with Crippen LogP contribution in [0.15, 0.2) is 41.6 Å². The molecule has 0 aromatic heterocycles. The number of phenols is 2. The number of benzene rings is 1. The molecule has 2 heterocycles. The first-order valence-electron chi connectivity index (χ1n) is 11.0. The molecule has 8 nitrogen and oxygen atoms in total. The van der Waals surface area contributed by atoms with E-state index in [0.717, 1.165) is 44.8 Å². The van der Waals surface area contributed by atoms with Crippen molar-refractivity contribution in [3.05, 3.63) is 47.6 Å². The van der Waals surface area contributed by atoms with Gasteiger partial charge in [0.15, 0.2) is 6.61 Å². The molecule has 0 radical (unpaired) electrons. The van der Waals surface area contributed by atoms with E-state index in [1.165, 1.54) is 6.07 Å². The number of carbonyl (C=O) groups excluding carboxylic acids is 2. The monoisotopic (exact) mass is 442 g/mol. The Kier molecular flexibility index (Phi) is 8.30. The van der Waals surface area contributed by atoms with E-state index >= 15 is 0 Å². The lowest BCUT2D eigenvalue weighted by Gasteiger charge is -2.26. The fourth-order valence-electron chi connectivity index (χ4n) is 3.75. The quantitative estimate of drug-likeness (QED) is 0.422. The van der Waals surface area contributed by atoms with Crippen molar-refractivity contribution in [3.8, 4) is 11.5 Å². The number of cyclic esters (lactones) is 1. The highest BCUT2D eigenvalue weighted by Crippen LogP contribution is 2.29. The Hall–Kier alpha value is -3.29. The largest absolute Gasteiger partial charge is 0.508 e. The van der Waals surface area contributed by atoms with Gasteiger partial charge in [-0.2, -0.15) is 0 Å². The van der Waals surface area contributed by atoms with Gasteiger partial charge in [0.2, 0.25) is 0 Å². The number of amides is 1.